The first-order valence-corrected chi connectivity index (χ1v) is 7.31. The first kappa shape index (κ1) is 14.5. The summed E-state index contributed by atoms with van der Waals surface area (Å²) in [6, 6.07) is 3.61. The molecule has 0 aliphatic carbocycles. The van der Waals surface area contributed by atoms with Crippen LogP contribution >= 0.6 is 0 Å². The van der Waals surface area contributed by atoms with Crippen molar-refractivity contribution in [1.29, 1.82) is 0 Å². The van der Waals surface area contributed by atoms with Crippen molar-refractivity contribution in [2.45, 2.75) is 20.0 Å². The highest BCUT2D eigenvalue weighted by Crippen LogP contribution is 2.18. The summed E-state index contributed by atoms with van der Waals surface area (Å²) in [6.45, 7) is 5.80. The minimum atomic E-state index is -0.143. The zero-order chi connectivity index (χ0) is 15.5. The van der Waals surface area contributed by atoms with Crippen LogP contribution in [0.4, 0.5) is 10.6 Å². The third-order valence-corrected chi connectivity index (χ3v) is 3.57. The van der Waals surface area contributed by atoms with E-state index in [1.54, 1.807) is 22.0 Å². The number of pyridine rings is 1. The maximum Gasteiger partial charge on any atom is 0.323 e. The van der Waals surface area contributed by atoms with Crippen LogP contribution in [0, 0.1) is 6.92 Å². The summed E-state index contributed by atoms with van der Waals surface area (Å²) in [5.41, 5.74) is 1.76. The van der Waals surface area contributed by atoms with Crippen molar-refractivity contribution in [3.05, 3.63) is 36.3 Å². The zero-order valence-electron chi connectivity index (χ0n) is 12.7. The molecule has 2 amide bonds. The van der Waals surface area contributed by atoms with E-state index in [0.29, 0.717) is 25.5 Å². The van der Waals surface area contributed by atoms with Crippen LogP contribution in [-0.2, 0) is 4.74 Å². The molecule has 0 aromatic carbocycles. The first-order chi connectivity index (χ1) is 10.7. The normalized spacial score (nSPS) is 14.7. The molecule has 1 saturated heterocycles. The molecule has 3 heterocycles. The number of nitrogens with one attached hydrogen (secondary N) is 1. The smallest absolute Gasteiger partial charge is 0.323 e. The van der Waals surface area contributed by atoms with Crippen LogP contribution < -0.4 is 5.32 Å². The molecule has 1 aliphatic heterocycles. The molecule has 22 heavy (non-hydrogen) atoms. The number of carbonyl (C=O) groups is 1. The Morgan fingerprint density at radius 2 is 2.32 bits per heavy atom. The van der Waals surface area contributed by atoms with Gasteiger partial charge in [-0.2, -0.15) is 0 Å². The zero-order valence-corrected chi connectivity index (χ0v) is 12.7. The summed E-state index contributed by atoms with van der Waals surface area (Å²) in [5, 5.41) is 7.25. The predicted octanol–water partition coefficient (Wildman–Crippen LogP) is 1.83. The third-order valence-electron chi connectivity index (χ3n) is 3.57. The van der Waals surface area contributed by atoms with Gasteiger partial charge in [0.15, 0.2) is 5.82 Å². The van der Waals surface area contributed by atoms with Crippen molar-refractivity contribution in [3.63, 3.8) is 0 Å². The number of hydrogen-bond donors (Lipinski definition) is 1. The van der Waals surface area contributed by atoms with E-state index < -0.39 is 0 Å². The second-order valence-corrected chi connectivity index (χ2v) is 5.23. The fourth-order valence-corrected chi connectivity index (χ4v) is 2.33. The van der Waals surface area contributed by atoms with E-state index in [0.717, 1.165) is 11.3 Å². The van der Waals surface area contributed by atoms with Crippen LogP contribution in [0.25, 0.3) is 5.69 Å². The highest BCUT2D eigenvalue weighted by atomic mass is 16.5. The highest BCUT2D eigenvalue weighted by Gasteiger charge is 2.31. The Kier molecular flexibility index (Phi) is 4.06. The Labute approximate surface area is 128 Å². The molecular weight excluding hydrogens is 282 g/mol. The summed E-state index contributed by atoms with van der Waals surface area (Å²) in [4.78, 5) is 17.9. The molecule has 0 spiro atoms. The average molecular weight is 301 g/mol. The molecule has 1 N–H and O–H groups in total. The van der Waals surface area contributed by atoms with Crippen LogP contribution in [0.5, 0.6) is 0 Å². The Morgan fingerprint density at radius 1 is 1.50 bits per heavy atom. The number of nitrogens with zero attached hydrogens (tertiary/aromatic N) is 4. The molecule has 116 valence electrons. The lowest BCUT2D eigenvalue weighted by molar-refractivity contribution is -0.0276. The summed E-state index contributed by atoms with van der Waals surface area (Å²) >= 11 is 0. The van der Waals surface area contributed by atoms with E-state index in [4.69, 9.17) is 4.74 Å². The van der Waals surface area contributed by atoms with Crippen molar-refractivity contribution in [1.82, 2.24) is 19.7 Å². The van der Waals surface area contributed by atoms with E-state index in [1.165, 1.54) is 0 Å². The predicted molar refractivity (Wildman–Crippen MR) is 82.1 cm³/mol. The lowest BCUT2D eigenvalue weighted by Gasteiger charge is -2.38. The maximum atomic E-state index is 12.1. The van der Waals surface area contributed by atoms with Gasteiger partial charge in [-0.15, -0.1) is 5.10 Å². The van der Waals surface area contributed by atoms with Crippen LogP contribution in [0.15, 0.2) is 30.7 Å². The molecule has 0 bridgehead atoms. The van der Waals surface area contributed by atoms with E-state index in [2.05, 4.69) is 15.4 Å². The second-order valence-electron chi connectivity index (χ2n) is 5.23. The summed E-state index contributed by atoms with van der Waals surface area (Å²) in [5.74, 6) is 0.564. The van der Waals surface area contributed by atoms with E-state index in [1.807, 2.05) is 32.2 Å². The van der Waals surface area contributed by atoms with Crippen LogP contribution in [0.2, 0.25) is 0 Å². The summed E-state index contributed by atoms with van der Waals surface area (Å²) in [7, 11) is 0. The lowest BCUT2D eigenvalue weighted by atomic mass is 10.2. The van der Waals surface area contributed by atoms with Gasteiger partial charge >= 0.3 is 6.03 Å². The first-order valence-electron chi connectivity index (χ1n) is 7.31. The minimum absolute atomic E-state index is 0.143. The van der Waals surface area contributed by atoms with Gasteiger partial charge in [0.2, 0.25) is 0 Å². The minimum Gasteiger partial charge on any atom is -0.375 e. The number of carbonyl (C=O) groups excluding carboxylic acids is 1. The Morgan fingerprint density at radius 3 is 3.00 bits per heavy atom. The fourth-order valence-electron chi connectivity index (χ4n) is 2.33. The number of aryl methyl sites for hydroxylation is 1. The van der Waals surface area contributed by atoms with Crippen molar-refractivity contribution in [3.8, 4) is 5.69 Å². The van der Waals surface area contributed by atoms with E-state index in [9.17, 15) is 4.79 Å². The second kappa shape index (κ2) is 6.15. The fraction of sp³-hybridized carbons (Fsp3) is 0.400. The molecule has 0 radical (unpaired) electrons. The average Bonchev–Trinajstić information content (AvgIpc) is 2.84. The molecule has 0 atom stereocenters. The lowest BCUT2D eigenvalue weighted by Crippen LogP contribution is -2.56. The SMILES string of the molecule is CCOC1CN(C(=O)Nc2nn(-c3cccnc3)cc2C)C1. The standard InChI is InChI=1S/C15H19N5O2/c1-3-22-13-9-19(10-13)15(21)17-14-11(2)8-20(18-14)12-5-4-6-16-7-12/h4-8,13H,3,9-10H2,1-2H3,(H,17,18,21). The van der Waals surface area contributed by atoms with Crippen molar-refractivity contribution in [2.24, 2.45) is 0 Å². The van der Waals surface area contributed by atoms with E-state index in [-0.39, 0.29) is 12.1 Å². The monoisotopic (exact) mass is 301 g/mol. The van der Waals surface area contributed by atoms with Gasteiger partial charge in [0.1, 0.15) is 0 Å². The van der Waals surface area contributed by atoms with Gasteiger partial charge in [0.25, 0.3) is 0 Å². The molecule has 2 aromatic rings. The number of hydrogen-bond acceptors (Lipinski definition) is 4. The molecule has 7 nitrogen and oxygen atoms in total. The number of amides is 2. The Bertz CT molecular complexity index is 649. The van der Waals surface area contributed by atoms with Crippen LogP contribution in [-0.4, -0.2) is 51.5 Å². The topological polar surface area (TPSA) is 72.3 Å². The molecule has 7 heteroatoms. The van der Waals surface area contributed by atoms with Gasteiger partial charge in [-0.3, -0.25) is 10.3 Å². The van der Waals surface area contributed by atoms with Gasteiger partial charge < -0.3 is 9.64 Å². The largest absolute Gasteiger partial charge is 0.375 e. The van der Waals surface area contributed by atoms with Gasteiger partial charge in [-0.05, 0) is 26.0 Å². The Balaban J connectivity index is 1.64. The molecule has 1 fully saturated rings. The molecule has 3 rings (SSSR count). The number of ether oxygens (including phenoxy) is 1. The van der Waals surface area contributed by atoms with E-state index >= 15 is 0 Å². The number of aromatic nitrogens is 3. The molecule has 1 aliphatic rings. The van der Waals surface area contributed by atoms with Crippen molar-refractivity contribution in [2.75, 3.05) is 25.0 Å². The Hall–Kier alpha value is -2.41. The molecule has 2 aromatic heterocycles. The van der Waals surface area contributed by atoms with Crippen molar-refractivity contribution >= 4 is 11.8 Å². The van der Waals surface area contributed by atoms with Gasteiger partial charge in [-0.1, -0.05) is 0 Å². The van der Waals surface area contributed by atoms with Gasteiger partial charge in [-0.25, -0.2) is 9.48 Å². The van der Waals surface area contributed by atoms with Crippen LogP contribution in [0.3, 0.4) is 0 Å². The summed E-state index contributed by atoms with van der Waals surface area (Å²) < 4.78 is 7.15. The summed E-state index contributed by atoms with van der Waals surface area (Å²) in [6.07, 6.45) is 5.46. The quantitative estimate of drug-likeness (QED) is 0.935. The number of urea groups is 1. The highest BCUT2D eigenvalue weighted by molar-refractivity contribution is 5.89. The maximum absolute atomic E-state index is 12.1. The van der Waals surface area contributed by atoms with Crippen molar-refractivity contribution < 1.29 is 9.53 Å². The molecule has 0 saturated carbocycles. The molecule has 0 unspecified atom stereocenters. The number of rotatable bonds is 4. The van der Waals surface area contributed by atoms with Gasteiger partial charge in [0.05, 0.1) is 31.1 Å². The van der Waals surface area contributed by atoms with Crippen LogP contribution in [0.1, 0.15) is 12.5 Å². The number of likely N-dealkylation sites (tertiary alicyclic amines) is 1. The van der Waals surface area contributed by atoms with Gasteiger partial charge in [0, 0.05) is 24.6 Å². The molecular formula is C15H19N5O2. The third kappa shape index (κ3) is 2.94. The number of anilines is 1.